The summed E-state index contributed by atoms with van der Waals surface area (Å²) in [5.41, 5.74) is 3.66. The van der Waals surface area contributed by atoms with Gasteiger partial charge in [-0.05, 0) is 80.1 Å². The lowest BCUT2D eigenvalue weighted by molar-refractivity contribution is -0.684. The van der Waals surface area contributed by atoms with Gasteiger partial charge in [-0.3, -0.25) is 23.8 Å². The number of hydroxylamine groups is 4. The Balaban J connectivity index is 1.33. The molecular weight excluding hydrogens is 727 g/mol. The smallest absolute Gasteiger partial charge is 0.333 e. The van der Waals surface area contributed by atoms with Crippen molar-refractivity contribution in [1.82, 2.24) is 10.1 Å². The number of anilines is 1. The fraction of sp³-hybridized carbons (Fsp3) is 0.450. The van der Waals surface area contributed by atoms with Gasteiger partial charge in [0.05, 0.1) is 35.1 Å². The number of aryl methyl sites for hydroxylation is 1. The van der Waals surface area contributed by atoms with Crippen LogP contribution in [0.1, 0.15) is 101 Å². The molecule has 15 heteroatoms. The van der Waals surface area contributed by atoms with Crippen molar-refractivity contribution in [3.8, 4) is 0 Å². The van der Waals surface area contributed by atoms with Crippen LogP contribution < -0.4 is 9.47 Å². The number of hydrogen-bond donors (Lipinski definition) is 1. The Morgan fingerprint density at radius 1 is 1.00 bits per heavy atom. The number of rotatable bonds is 15. The molecule has 1 aromatic carbocycles. The van der Waals surface area contributed by atoms with Crippen LogP contribution in [0.4, 0.5) is 11.5 Å². The Bertz CT molecular complexity index is 2100. The second kappa shape index (κ2) is 16.4. The van der Waals surface area contributed by atoms with Gasteiger partial charge in [0.15, 0.2) is 5.71 Å². The second-order valence-corrected chi connectivity index (χ2v) is 16.3. The third-order valence-electron chi connectivity index (χ3n) is 10.3. The van der Waals surface area contributed by atoms with Gasteiger partial charge >= 0.3 is 11.8 Å². The van der Waals surface area contributed by atoms with Crippen molar-refractivity contribution in [2.75, 3.05) is 25.6 Å². The minimum atomic E-state index is -4.43. The monoisotopic (exact) mass is 776 g/mol. The number of allylic oxidation sites excluding steroid dienone is 6. The molecule has 3 amide bonds. The molecule has 0 unspecified atom stereocenters. The molecule has 1 fully saturated rings. The number of hydrogen-bond acceptors (Lipinski definition) is 10. The van der Waals surface area contributed by atoms with Gasteiger partial charge in [0, 0.05) is 49.7 Å². The van der Waals surface area contributed by atoms with E-state index in [-0.39, 0.29) is 30.1 Å². The van der Waals surface area contributed by atoms with Gasteiger partial charge in [-0.15, -0.1) is 5.06 Å². The number of aliphatic imine (C=N–C) groups is 1. The molecule has 0 spiro atoms. The molecule has 14 nitrogen and oxygen atoms in total. The topological polar surface area (TPSA) is 167 Å². The first-order chi connectivity index (χ1) is 25.9. The van der Waals surface area contributed by atoms with Crippen molar-refractivity contribution in [1.29, 1.82) is 0 Å². The number of benzene rings is 1. The number of aromatic nitrogens is 1. The van der Waals surface area contributed by atoms with Crippen molar-refractivity contribution >= 4 is 51.0 Å². The first kappa shape index (κ1) is 41.2. The Hall–Kier alpha value is -4.99. The average molecular weight is 777 g/mol. The quantitative estimate of drug-likeness (QED) is 0.0602. The summed E-state index contributed by atoms with van der Waals surface area (Å²) in [6.45, 7) is 11.5. The summed E-state index contributed by atoms with van der Waals surface area (Å²) in [6.07, 6.45) is 14.3. The maximum Gasteiger partial charge on any atom is 0.333 e. The van der Waals surface area contributed by atoms with E-state index in [1.807, 2.05) is 61.1 Å². The maximum atomic E-state index is 13.0. The highest BCUT2D eigenvalue weighted by Crippen LogP contribution is 2.48. The van der Waals surface area contributed by atoms with Crippen LogP contribution in [0.25, 0.3) is 0 Å². The van der Waals surface area contributed by atoms with Crippen LogP contribution in [-0.2, 0) is 51.6 Å². The lowest BCUT2D eigenvalue weighted by atomic mass is 9.81. The molecule has 55 heavy (non-hydrogen) atoms. The van der Waals surface area contributed by atoms with E-state index in [9.17, 15) is 32.1 Å². The van der Waals surface area contributed by atoms with Crippen molar-refractivity contribution in [2.45, 2.75) is 102 Å². The molecule has 3 aliphatic rings. The van der Waals surface area contributed by atoms with Crippen LogP contribution >= 0.6 is 0 Å². The van der Waals surface area contributed by atoms with Crippen molar-refractivity contribution in [2.24, 2.45) is 4.99 Å². The number of carbonyl (C=O) groups excluding carboxylic acids is 4. The molecule has 0 saturated carbocycles. The zero-order chi connectivity index (χ0) is 40.3. The zero-order valence-electron chi connectivity index (χ0n) is 32.5. The number of carbonyl (C=O) groups is 4. The minimum absolute atomic E-state index is 0.0350. The summed E-state index contributed by atoms with van der Waals surface area (Å²) in [5, 5.41) is 1.75. The highest BCUT2D eigenvalue weighted by molar-refractivity contribution is 7.85. The lowest BCUT2D eigenvalue weighted by Crippen LogP contribution is -2.38. The van der Waals surface area contributed by atoms with Gasteiger partial charge in [0.1, 0.15) is 6.20 Å². The van der Waals surface area contributed by atoms with Crippen LogP contribution in [0.3, 0.4) is 0 Å². The Morgan fingerprint density at radius 3 is 2.36 bits per heavy atom. The number of nitrogens with zero attached hydrogens (tertiary/aromatic N) is 5. The Labute approximate surface area is 322 Å². The Kier molecular flexibility index (Phi) is 12.3. The maximum absolute atomic E-state index is 13.0. The first-order valence-corrected chi connectivity index (χ1v) is 19.9. The van der Waals surface area contributed by atoms with E-state index in [1.54, 1.807) is 13.1 Å². The third kappa shape index (κ3) is 8.63. The molecule has 0 radical (unpaired) electrons. The fourth-order valence-corrected chi connectivity index (χ4v) is 7.60. The van der Waals surface area contributed by atoms with Crippen molar-refractivity contribution in [3.63, 3.8) is 0 Å². The highest BCUT2D eigenvalue weighted by Gasteiger charge is 2.43. The van der Waals surface area contributed by atoms with Crippen molar-refractivity contribution in [3.05, 3.63) is 83.2 Å². The van der Waals surface area contributed by atoms with E-state index in [1.165, 1.54) is 24.3 Å². The fourth-order valence-electron chi connectivity index (χ4n) is 7.09. The van der Waals surface area contributed by atoms with Gasteiger partial charge in [-0.1, -0.05) is 45.4 Å². The summed E-state index contributed by atoms with van der Waals surface area (Å²) in [4.78, 5) is 65.9. The van der Waals surface area contributed by atoms with Gasteiger partial charge in [0.25, 0.3) is 27.8 Å². The van der Waals surface area contributed by atoms with E-state index in [4.69, 9.17) is 14.7 Å². The third-order valence-corrected chi connectivity index (χ3v) is 11.1. The summed E-state index contributed by atoms with van der Waals surface area (Å²) in [7, 11) is -1.40. The molecule has 4 heterocycles. The Morgan fingerprint density at radius 2 is 1.71 bits per heavy atom. The standard InChI is InChI=1S/C40H49N5O9S/c1-8-22-43-26-27(38(49)42(6)53-7)24-30-37(43)41-32(39(30,2)3)15-11-9-12-16-33-40(4,5)29-25-28(55(50,51)52)18-19-31(29)44(33)23-14-10-13-17-36(48)54-45-34(46)20-21-35(45)47/h9,11-12,15-16,18-19,24-26H,8,10,13-14,17,20-23H2,1-7H3/p+1. The van der Waals surface area contributed by atoms with Gasteiger partial charge in [-0.25, -0.2) is 14.4 Å². The normalized spacial score (nSPS) is 18.1. The molecule has 0 bridgehead atoms. The number of fused-ring (bicyclic) bond motifs is 2. The SMILES string of the molecule is CCC[n+]1cc(C(=O)N(C)OC)cc2c1N=C(/C=C/C=C/C=C1/N(CCCCCC(=O)ON3C(=O)CCC3=O)c3ccc(S(=O)(=O)O)cc3C1(C)C)C2(C)C. The van der Waals surface area contributed by atoms with Gasteiger partial charge in [0.2, 0.25) is 0 Å². The van der Waals surface area contributed by atoms with E-state index in [0.717, 1.165) is 40.5 Å². The highest BCUT2D eigenvalue weighted by atomic mass is 32.2. The predicted molar refractivity (Wildman–Crippen MR) is 205 cm³/mol. The number of unbranched alkanes of at least 4 members (excludes halogenated alkanes) is 2. The van der Waals surface area contributed by atoms with Crippen LogP contribution in [0.2, 0.25) is 0 Å². The molecule has 1 saturated heterocycles. The molecule has 0 aliphatic carbocycles. The van der Waals surface area contributed by atoms with Gasteiger partial charge in [-0.2, -0.15) is 8.42 Å². The number of pyridine rings is 1. The minimum Gasteiger partial charge on any atom is -0.344 e. The molecule has 0 atom stereocenters. The van der Waals surface area contributed by atoms with Gasteiger partial charge < -0.3 is 9.74 Å². The molecule has 1 N–H and O–H groups in total. The second-order valence-electron chi connectivity index (χ2n) is 14.8. The zero-order valence-corrected chi connectivity index (χ0v) is 33.3. The van der Waals surface area contributed by atoms with E-state index in [0.29, 0.717) is 43.0 Å². The average Bonchev–Trinajstić information content (AvgIpc) is 3.67. The van der Waals surface area contributed by atoms with Crippen LogP contribution in [0, 0.1) is 0 Å². The van der Waals surface area contributed by atoms with Crippen LogP contribution in [0.5, 0.6) is 0 Å². The molecule has 294 valence electrons. The number of imide groups is 1. The molecule has 1 aromatic heterocycles. The molecular formula is C40H50N5O9S+. The first-order valence-electron chi connectivity index (χ1n) is 18.4. The van der Waals surface area contributed by atoms with E-state index in [2.05, 4.69) is 25.7 Å². The van der Waals surface area contributed by atoms with Crippen LogP contribution in [-0.4, -0.2) is 73.2 Å². The van der Waals surface area contributed by atoms with Crippen LogP contribution in [0.15, 0.2) is 76.4 Å². The summed E-state index contributed by atoms with van der Waals surface area (Å²) >= 11 is 0. The molecule has 5 rings (SSSR count). The molecule has 2 aromatic rings. The van der Waals surface area contributed by atoms with E-state index < -0.39 is 38.7 Å². The molecule has 3 aliphatic heterocycles. The van der Waals surface area contributed by atoms with E-state index >= 15 is 0 Å². The lowest BCUT2D eigenvalue weighted by Gasteiger charge is -2.27. The van der Waals surface area contributed by atoms with Crippen molar-refractivity contribution < 1.29 is 46.4 Å². The summed E-state index contributed by atoms with van der Waals surface area (Å²) in [6, 6.07) is 6.47. The predicted octanol–water partition coefficient (Wildman–Crippen LogP) is 5.59. The number of amides is 3. The largest absolute Gasteiger partial charge is 0.344 e. The summed E-state index contributed by atoms with van der Waals surface area (Å²) < 4.78 is 35.9. The summed E-state index contributed by atoms with van der Waals surface area (Å²) in [5.74, 6) is -1.11.